The number of aliphatic carboxylic acids is 1. The normalized spacial score (nSPS) is 13.7. The number of nitrogens with two attached hydrogens (primary N) is 1. The van der Waals surface area contributed by atoms with Crippen molar-refractivity contribution in [1.29, 1.82) is 5.26 Å². The van der Waals surface area contributed by atoms with Gasteiger partial charge in [0.2, 0.25) is 5.91 Å². The van der Waals surface area contributed by atoms with E-state index in [9.17, 15) is 28.0 Å². The van der Waals surface area contributed by atoms with Gasteiger partial charge < -0.3 is 26.1 Å². The maximum absolute atomic E-state index is 13.3. The number of carbonyl (C=O) groups is 3. The minimum atomic E-state index is -5.08. The molecule has 1 aliphatic rings. The maximum Gasteiger partial charge on any atom is 0.490 e. The van der Waals surface area contributed by atoms with Crippen LogP contribution in [-0.4, -0.2) is 64.4 Å². The summed E-state index contributed by atoms with van der Waals surface area (Å²) in [6.45, 7) is 0.500. The predicted molar refractivity (Wildman–Crippen MR) is 143 cm³/mol. The summed E-state index contributed by atoms with van der Waals surface area (Å²) in [5, 5.41) is 31.3. The molecular formula is C28H24F3N5O6. The van der Waals surface area contributed by atoms with Crippen molar-refractivity contribution < 1.29 is 42.6 Å². The fraction of sp³-hybridized carbons (Fsp3) is 0.179. The molecule has 5 N–H and O–H groups in total. The highest BCUT2D eigenvalue weighted by atomic mass is 19.4. The molecule has 0 radical (unpaired) electrons. The number of oxime groups is 1. The van der Waals surface area contributed by atoms with Gasteiger partial charge in [0.1, 0.15) is 12.6 Å². The number of nitriles is 1. The standard InChI is InChI=1S/C26H23N5O4.C2HF3O2/c27-16-20-5-1-2-7-22(20)18-8-10-21(11-9-18)29-25(32)23(31-12-13-35-26(31)33)15-17-4-3-6-19(14-17)24(28)30-34;3-2(4,5)1(6)7/h1-11,14,23,34H,12-13,15H2,(H2,28,30)(H,29,32);(H,6,7). The number of carboxylic acid groups (broad SMARTS) is 1. The fourth-order valence-electron chi connectivity index (χ4n) is 3.96. The van der Waals surface area contributed by atoms with E-state index in [1.165, 1.54) is 4.90 Å². The third-order valence-corrected chi connectivity index (χ3v) is 5.98. The molecule has 1 atom stereocenters. The second-order valence-electron chi connectivity index (χ2n) is 8.74. The van der Waals surface area contributed by atoms with Crippen LogP contribution in [0.1, 0.15) is 16.7 Å². The molecule has 3 aromatic rings. The lowest BCUT2D eigenvalue weighted by Gasteiger charge is -2.25. The van der Waals surface area contributed by atoms with Crippen LogP contribution in [0.25, 0.3) is 11.1 Å². The lowest BCUT2D eigenvalue weighted by atomic mass is 10.00. The van der Waals surface area contributed by atoms with Crippen molar-refractivity contribution in [2.45, 2.75) is 18.6 Å². The molecule has 42 heavy (non-hydrogen) atoms. The van der Waals surface area contributed by atoms with E-state index >= 15 is 0 Å². The van der Waals surface area contributed by atoms with E-state index in [0.29, 0.717) is 23.4 Å². The number of nitrogens with one attached hydrogen (secondary N) is 1. The zero-order valence-corrected chi connectivity index (χ0v) is 21.7. The molecule has 0 aromatic heterocycles. The van der Waals surface area contributed by atoms with Crippen molar-refractivity contribution in [3.05, 3.63) is 89.5 Å². The molecule has 1 unspecified atom stereocenters. The van der Waals surface area contributed by atoms with Crippen LogP contribution < -0.4 is 11.1 Å². The molecule has 0 bridgehead atoms. The Morgan fingerprint density at radius 1 is 1.12 bits per heavy atom. The van der Waals surface area contributed by atoms with Gasteiger partial charge in [-0.25, -0.2) is 9.59 Å². The van der Waals surface area contributed by atoms with Crippen molar-refractivity contribution in [3.63, 3.8) is 0 Å². The minimum absolute atomic E-state index is 0.0495. The number of cyclic esters (lactones) is 1. The van der Waals surface area contributed by atoms with Crippen LogP contribution in [0.4, 0.5) is 23.7 Å². The number of hydrogen-bond donors (Lipinski definition) is 4. The van der Waals surface area contributed by atoms with Gasteiger partial charge in [-0.05, 0) is 41.0 Å². The fourth-order valence-corrected chi connectivity index (χ4v) is 3.96. The molecule has 0 spiro atoms. The van der Waals surface area contributed by atoms with Crippen molar-refractivity contribution in [3.8, 4) is 17.2 Å². The number of hydrogen-bond acceptors (Lipinski definition) is 7. The van der Waals surface area contributed by atoms with Gasteiger partial charge in [0.15, 0.2) is 5.84 Å². The lowest BCUT2D eigenvalue weighted by molar-refractivity contribution is -0.192. The van der Waals surface area contributed by atoms with Gasteiger partial charge in [0.25, 0.3) is 0 Å². The van der Waals surface area contributed by atoms with Crippen LogP contribution in [-0.2, 0) is 20.7 Å². The van der Waals surface area contributed by atoms with Crippen molar-refractivity contribution >= 4 is 29.5 Å². The lowest BCUT2D eigenvalue weighted by Crippen LogP contribution is -2.46. The van der Waals surface area contributed by atoms with E-state index in [1.54, 1.807) is 48.5 Å². The maximum atomic E-state index is 13.3. The van der Waals surface area contributed by atoms with Crippen LogP contribution in [0.15, 0.2) is 78.0 Å². The monoisotopic (exact) mass is 583 g/mol. The Morgan fingerprint density at radius 2 is 1.79 bits per heavy atom. The summed E-state index contributed by atoms with van der Waals surface area (Å²) in [6.07, 6.45) is -5.43. The number of anilines is 1. The summed E-state index contributed by atoms with van der Waals surface area (Å²) in [4.78, 5) is 35.8. The molecule has 218 valence electrons. The van der Waals surface area contributed by atoms with Crippen LogP contribution in [0.3, 0.4) is 0 Å². The zero-order chi connectivity index (χ0) is 30.9. The van der Waals surface area contributed by atoms with Gasteiger partial charge in [-0.2, -0.15) is 18.4 Å². The average Bonchev–Trinajstić information content (AvgIpc) is 3.41. The highest BCUT2D eigenvalue weighted by Crippen LogP contribution is 2.25. The molecule has 2 amide bonds. The van der Waals surface area contributed by atoms with Gasteiger partial charge in [0.05, 0.1) is 18.2 Å². The van der Waals surface area contributed by atoms with Gasteiger partial charge in [0, 0.05) is 17.7 Å². The Balaban J connectivity index is 0.000000616. The van der Waals surface area contributed by atoms with E-state index in [0.717, 1.165) is 16.7 Å². The molecule has 0 aliphatic carbocycles. The first kappa shape index (κ1) is 31.0. The number of alkyl halides is 3. The van der Waals surface area contributed by atoms with Crippen LogP contribution in [0, 0.1) is 11.3 Å². The first-order valence-electron chi connectivity index (χ1n) is 12.2. The number of ether oxygens (including phenoxy) is 1. The topological polar surface area (TPSA) is 178 Å². The van der Waals surface area contributed by atoms with Crippen LogP contribution in [0.2, 0.25) is 0 Å². The number of rotatable bonds is 7. The second kappa shape index (κ2) is 13.7. The summed E-state index contributed by atoms with van der Waals surface area (Å²) in [5.41, 5.74) is 9.69. The van der Waals surface area contributed by atoms with Gasteiger partial charge in [-0.1, -0.05) is 53.7 Å². The zero-order valence-electron chi connectivity index (χ0n) is 21.7. The Labute approximate surface area is 237 Å². The molecule has 4 rings (SSSR count). The van der Waals surface area contributed by atoms with Gasteiger partial charge in [-0.3, -0.25) is 9.69 Å². The Morgan fingerprint density at radius 3 is 2.36 bits per heavy atom. The molecule has 1 aliphatic heterocycles. The quantitative estimate of drug-likeness (QED) is 0.140. The Hall–Kier alpha value is -5.58. The number of benzene rings is 3. The Bertz CT molecular complexity index is 1520. The second-order valence-corrected chi connectivity index (χ2v) is 8.74. The summed E-state index contributed by atoms with van der Waals surface area (Å²) >= 11 is 0. The third kappa shape index (κ3) is 7.98. The van der Waals surface area contributed by atoms with Crippen molar-refractivity contribution in [1.82, 2.24) is 4.90 Å². The number of nitrogens with zero attached hydrogens (tertiary/aromatic N) is 3. The van der Waals surface area contributed by atoms with Gasteiger partial charge in [-0.15, -0.1) is 0 Å². The molecule has 1 fully saturated rings. The van der Waals surface area contributed by atoms with Crippen LogP contribution >= 0.6 is 0 Å². The highest BCUT2D eigenvalue weighted by molar-refractivity contribution is 5.98. The molecule has 1 saturated heterocycles. The van der Waals surface area contributed by atoms with E-state index in [2.05, 4.69) is 16.5 Å². The number of carbonyl (C=O) groups excluding carboxylic acids is 2. The van der Waals surface area contributed by atoms with E-state index in [1.807, 2.05) is 24.3 Å². The summed E-state index contributed by atoms with van der Waals surface area (Å²) in [6, 6.07) is 22.7. The Kier molecular flexibility index (Phi) is 10.1. The third-order valence-electron chi connectivity index (χ3n) is 5.98. The summed E-state index contributed by atoms with van der Waals surface area (Å²) < 4.78 is 36.8. The minimum Gasteiger partial charge on any atom is -0.475 e. The van der Waals surface area contributed by atoms with Crippen molar-refractivity contribution in [2.75, 3.05) is 18.5 Å². The first-order chi connectivity index (χ1) is 19.9. The smallest absolute Gasteiger partial charge is 0.475 e. The molecular weight excluding hydrogens is 559 g/mol. The largest absolute Gasteiger partial charge is 0.490 e. The average molecular weight is 584 g/mol. The molecule has 3 aromatic carbocycles. The van der Waals surface area contributed by atoms with Gasteiger partial charge >= 0.3 is 18.2 Å². The van der Waals surface area contributed by atoms with Crippen LogP contribution in [0.5, 0.6) is 0 Å². The summed E-state index contributed by atoms with van der Waals surface area (Å²) in [7, 11) is 0. The SMILES string of the molecule is N#Cc1ccccc1-c1ccc(NC(=O)C(Cc2cccc(/C(N)=N/O)c2)N2CCOC2=O)cc1.O=C(O)C(F)(F)F. The first-order valence-corrected chi connectivity index (χ1v) is 12.2. The number of carboxylic acids is 1. The molecule has 0 saturated carbocycles. The van der Waals surface area contributed by atoms with Crippen molar-refractivity contribution in [2.24, 2.45) is 10.9 Å². The summed E-state index contributed by atoms with van der Waals surface area (Å²) in [5.74, 6) is -3.18. The van der Waals surface area contributed by atoms with E-state index in [4.69, 9.17) is 25.6 Å². The number of amides is 2. The predicted octanol–water partition coefficient (Wildman–Crippen LogP) is 3.96. The molecule has 14 heteroatoms. The van der Waals surface area contributed by atoms with E-state index < -0.39 is 24.3 Å². The molecule has 1 heterocycles. The molecule has 11 nitrogen and oxygen atoms in total. The number of halogens is 3. The highest BCUT2D eigenvalue weighted by Gasteiger charge is 2.38. The van der Waals surface area contributed by atoms with E-state index in [-0.39, 0.29) is 24.8 Å². The number of amidine groups is 1.